The summed E-state index contributed by atoms with van der Waals surface area (Å²) < 4.78 is 38.9. The van der Waals surface area contributed by atoms with Crippen LogP contribution in [0.3, 0.4) is 0 Å². The van der Waals surface area contributed by atoms with Gasteiger partial charge in [0.15, 0.2) is 0 Å². The fourth-order valence-corrected chi connectivity index (χ4v) is 4.25. The molecule has 29 heavy (non-hydrogen) atoms. The van der Waals surface area contributed by atoms with Gasteiger partial charge in [-0.05, 0) is 12.6 Å². The molecule has 6 atom stereocenters. The lowest BCUT2D eigenvalue weighted by atomic mass is 9.97. The second kappa shape index (κ2) is 9.07. The van der Waals surface area contributed by atoms with Gasteiger partial charge in [0.05, 0.1) is 20.8 Å². The first-order valence-corrected chi connectivity index (χ1v) is 10.7. The van der Waals surface area contributed by atoms with Gasteiger partial charge in [0.1, 0.15) is 24.2 Å². The van der Waals surface area contributed by atoms with Crippen molar-refractivity contribution in [3.63, 3.8) is 0 Å². The van der Waals surface area contributed by atoms with E-state index in [2.05, 4.69) is 20.3 Å². The number of likely N-dealkylation sites (N-methyl/N-ethyl adjacent to an activating group) is 1. The van der Waals surface area contributed by atoms with Crippen molar-refractivity contribution in [2.75, 3.05) is 27.9 Å². The number of benzene rings is 1. The van der Waals surface area contributed by atoms with Crippen molar-refractivity contribution in [3.8, 4) is 0 Å². The van der Waals surface area contributed by atoms with Gasteiger partial charge in [0.25, 0.3) is 0 Å². The Morgan fingerprint density at radius 2 is 1.72 bits per heavy atom. The van der Waals surface area contributed by atoms with E-state index in [1.165, 1.54) is 0 Å². The average Bonchev–Trinajstić information content (AvgIpc) is 3.48. The van der Waals surface area contributed by atoms with E-state index < -0.39 is 16.3 Å². The molecule has 3 fully saturated rings. The molecular weight excluding hydrogens is 402 g/mol. The Hall–Kier alpha value is -1.56. The molecule has 0 aliphatic carbocycles. The third kappa shape index (κ3) is 4.96. The van der Waals surface area contributed by atoms with Gasteiger partial charge in [0, 0.05) is 24.9 Å². The summed E-state index contributed by atoms with van der Waals surface area (Å²) in [5.41, 5.74) is 0.803. The highest BCUT2D eigenvalue weighted by Crippen LogP contribution is 2.48. The molecular formula is C19H27NO8S. The number of morpholine rings is 1. The summed E-state index contributed by atoms with van der Waals surface area (Å²) in [7, 11) is 0.524. The van der Waals surface area contributed by atoms with Crippen LogP contribution in [0.25, 0.3) is 0 Å². The van der Waals surface area contributed by atoms with Crippen molar-refractivity contribution < 1.29 is 36.2 Å². The lowest BCUT2D eigenvalue weighted by molar-refractivity contribution is -0.156. The van der Waals surface area contributed by atoms with Gasteiger partial charge in [-0.3, -0.25) is 18.1 Å². The van der Waals surface area contributed by atoms with E-state index in [0.717, 1.165) is 32.6 Å². The summed E-state index contributed by atoms with van der Waals surface area (Å²) in [6.07, 6.45) is 2.26. The van der Waals surface area contributed by atoms with Crippen molar-refractivity contribution in [2.24, 2.45) is 0 Å². The molecule has 4 rings (SSSR count). The monoisotopic (exact) mass is 429 g/mol. The zero-order valence-electron chi connectivity index (χ0n) is 16.6. The molecule has 9 nitrogen and oxygen atoms in total. The number of carbonyl (C=O) groups excluding carboxylic acids is 1. The molecule has 2 bridgehead atoms. The molecule has 0 amide bonds. The van der Waals surface area contributed by atoms with E-state index in [1.54, 1.807) is 0 Å². The maximum absolute atomic E-state index is 12.4. The second-order valence-electron chi connectivity index (χ2n) is 7.28. The van der Waals surface area contributed by atoms with Gasteiger partial charge in [0.2, 0.25) is 0 Å². The van der Waals surface area contributed by atoms with Crippen LogP contribution >= 0.6 is 0 Å². The molecule has 0 aromatic heterocycles. The molecule has 0 saturated carbocycles. The zero-order valence-corrected chi connectivity index (χ0v) is 17.4. The molecule has 1 aromatic rings. The predicted molar refractivity (Wildman–Crippen MR) is 102 cm³/mol. The summed E-state index contributed by atoms with van der Waals surface area (Å²) in [6.45, 7) is -0.226. The number of hydrogen-bond donors (Lipinski definition) is 1. The minimum Gasteiger partial charge on any atom is -0.462 e. The molecule has 3 aliphatic heterocycles. The Morgan fingerprint density at radius 1 is 1.17 bits per heavy atom. The molecule has 10 heteroatoms. The van der Waals surface area contributed by atoms with E-state index in [4.69, 9.17) is 9.47 Å². The molecule has 0 radical (unpaired) electrons. The Bertz CT molecular complexity index is 774. The third-order valence-electron chi connectivity index (χ3n) is 5.74. The number of aliphatic hydroxyl groups excluding tert-OH is 1. The van der Waals surface area contributed by atoms with E-state index >= 15 is 0 Å². The number of nitrogens with zero attached hydrogens (tertiary/aromatic N) is 1. The number of ether oxygens (including phenoxy) is 2. The highest BCUT2D eigenvalue weighted by molar-refractivity contribution is 7.81. The second-order valence-corrected chi connectivity index (χ2v) is 8.77. The third-order valence-corrected chi connectivity index (χ3v) is 6.55. The van der Waals surface area contributed by atoms with Crippen LogP contribution in [0.2, 0.25) is 0 Å². The van der Waals surface area contributed by atoms with Crippen molar-refractivity contribution in [1.29, 1.82) is 0 Å². The summed E-state index contributed by atoms with van der Waals surface area (Å²) >= 11 is 0. The molecule has 3 heterocycles. The number of aliphatic hydroxyl groups is 1. The number of carbonyl (C=O) groups is 1. The SMILES string of the molecule is CN1[C@@H]2C[C@@H](OC(=O)[C@H](CO)c3ccccc3)C[C@H]1[C@@H]1O[C@@H]12.COS(=O)(=O)OC. The molecule has 0 unspecified atom stereocenters. The van der Waals surface area contributed by atoms with Crippen molar-refractivity contribution in [3.05, 3.63) is 35.9 Å². The van der Waals surface area contributed by atoms with Gasteiger partial charge in [-0.1, -0.05) is 30.3 Å². The number of rotatable bonds is 6. The van der Waals surface area contributed by atoms with E-state index in [9.17, 15) is 18.3 Å². The van der Waals surface area contributed by atoms with E-state index in [-0.39, 0.29) is 18.7 Å². The van der Waals surface area contributed by atoms with Gasteiger partial charge >= 0.3 is 16.4 Å². The van der Waals surface area contributed by atoms with Crippen LogP contribution in [-0.2, 0) is 33.0 Å². The lowest BCUT2D eigenvalue weighted by Gasteiger charge is -2.38. The summed E-state index contributed by atoms with van der Waals surface area (Å²) in [6, 6.07) is 10.1. The highest BCUT2D eigenvalue weighted by Gasteiger charge is 2.62. The highest BCUT2D eigenvalue weighted by atomic mass is 32.3. The number of esters is 1. The van der Waals surface area contributed by atoms with Crippen LogP contribution in [-0.4, -0.2) is 82.7 Å². The van der Waals surface area contributed by atoms with Crippen LogP contribution < -0.4 is 0 Å². The number of fused-ring (bicyclic) bond motifs is 5. The Kier molecular flexibility index (Phi) is 6.92. The first-order chi connectivity index (χ1) is 13.8. The summed E-state index contributed by atoms with van der Waals surface area (Å²) in [5, 5.41) is 9.56. The van der Waals surface area contributed by atoms with Crippen LogP contribution in [0.15, 0.2) is 30.3 Å². The maximum atomic E-state index is 12.4. The van der Waals surface area contributed by atoms with Crippen LogP contribution in [0.5, 0.6) is 0 Å². The topological polar surface area (TPSA) is 115 Å². The van der Waals surface area contributed by atoms with Gasteiger partial charge in [-0.15, -0.1) is 0 Å². The van der Waals surface area contributed by atoms with E-state index in [1.807, 2.05) is 30.3 Å². The van der Waals surface area contributed by atoms with Crippen molar-refractivity contribution >= 4 is 16.4 Å². The predicted octanol–water partition coefficient (Wildman–Crippen LogP) is 0.442. The van der Waals surface area contributed by atoms with E-state index in [0.29, 0.717) is 24.3 Å². The molecule has 3 saturated heterocycles. The number of epoxide rings is 1. The van der Waals surface area contributed by atoms with Crippen molar-refractivity contribution in [2.45, 2.75) is 49.2 Å². The first-order valence-electron chi connectivity index (χ1n) is 9.41. The maximum Gasteiger partial charge on any atom is 0.399 e. The molecule has 1 aromatic carbocycles. The quantitative estimate of drug-likeness (QED) is 0.508. The fraction of sp³-hybridized carbons (Fsp3) is 0.632. The summed E-state index contributed by atoms with van der Waals surface area (Å²) in [4.78, 5) is 14.8. The summed E-state index contributed by atoms with van der Waals surface area (Å²) in [5.74, 6) is -0.915. The molecule has 0 spiro atoms. The average molecular weight is 429 g/mol. The Morgan fingerprint density at radius 3 is 2.17 bits per heavy atom. The normalized spacial score (nSPS) is 31.2. The van der Waals surface area contributed by atoms with Crippen LogP contribution in [0.4, 0.5) is 0 Å². The van der Waals surface area contributed by atoms with Gasteiger partial charge < -0.3 is 14.6 Å². The minimum atomic E-state index is -3.66. The van der Waals surface area contributed by atoms with Gasteiger partial charge in [-0.25, -0.2) is 0 Å². The smallest absolute Gasteiger partial charge is 0.399 e. The van der Waals surface area contributed by atoms with Crippen LogP contribution in [0.1, 0.15) is 24.3 Å². The molecule has 1 N–H and O–H groups in total. The minimum absolute atomic E-state index is 0.0622. The fourth-order valence-electron chi connectivity index (χ4n) is 4.11. The Labute approximate surface area is 170 Å². The Balaban J connectivity index is 0.000000298. The standard InChI is InChI=1S/C17H21NO4.C2H6O4S/c1-18-13-7-11(8-14(18)16-15(13)22-16)21-17(20)12(9-19)10-5-3-2-4-6-10;1-5-7(3,4)6-2/h2-6,11-16,19H,7-9H2,1H3;1-2H3/t11-,12-,13-,14+,15-,16+;/m1./s1. The first kappa shape index (κ1) is 22.1. The van der Waals surface area contributed by atoms with Crippen LogP contribution in [0, 0.1) is 0 Å². The largest absolute Gasteiger partial charge is 0.462 e. The number of piperidine rings is 1. The molecule has 3 aliphatic rings. The van der Waals surface area contributed by atoms with Gasteiger partial charge in [-0.2, -0.15) is 8.42 Å². The molecule has 162 valence electrons. The van der Waals surface area contributed by atoms with Crippen molar-refractivity contribution in [1.82, 2.24) is 4.90 Å². The lowest BCUT2D eigenvalue weighted by Crippen LogP contribution is -2.48. The number of hydrogen-bond acceptors (Lipinski definition) is 9. The zero-order chi connectivity index (χ0) is 21.2.